The number of aromatic nitrogens is 1. The Labute approximate surface area is 135 Å². The molecule has 0 unspecified atom stereocenters. The fourth-order valence-electron chi connectivity index (χ4n) is 3.19. The van der Waals surface area contributed by atoms with Crippen LogP contribution in [0.3, 0.4) is 0 Å². The van der Waals surface area contributed by atoms with E-state index in [2.05, 4.69) is 53.1 Å². The highest BCUT2D eigenvalue weighted by Crippen LogP contribution is 2.35. The van der Waals surface area contributed by atoms with Crippen molar-refractivity contribution >= 4 is 29.4 Å². The van der Waals surface area contributed by atoms with Crippen molar-refractivity contribution in [2.75, 3.05) is 6.16 Å². The van der Waals surface area contributed by atoms with Gasteiger partial charge in [0.1, 0.15) is 0 Å². The van der Waals surface area contributed by atoms with Crippen LogP contribution in [0.15, 0.2) is 48.5 Å². The monoisotopic (exact) mass is 331 g/mol. The van der Waals surface area contributed by atoms with E-state index in [0.29, 0.717) is 6.42 Å². The van der Waals surface area contributed by atoms with Gasteiger partial charge in [-0.25, -0.2) is 0 Å². The molecule has 122 valence electrons. The lowest BCUT2D eigenvalue weighted by Crippen LogP contribution is -1.98. The zero-order valence-electron chi connectivity index (χ0n) is 13.1. The molecule has 0 aliphatic carbocycles. The van der Waals surface area contributed by atoms with Gasteiger partial charge in [0.05, 0.1) is 0 Å². The van der Waals surface area contributed by atoms with Crippen LogP contribution in [0.1, 0.15) is 25.7 Å². The fraction of sp³-hybridized carbons (Fsp3) is 0.333. The second-order valence-corrected chi connectivity index (χ2v) is 7.77. The zero-order chi connectivity index (χ0) is 16.3. The molecular formula is C18H22NO3P. The minimum absolute atomic E-state index is 0.00236. The van der Waals surface area contributed by atoms with Crippen LogP contribution < -0.4 is 0 Å². The lowest BCUT2D eigenvalue weighted by Gasteiger charge is -2.08. The molecule has 0 aliphatic heterocycles. The molecule has 4 nitrogen and oxygen atoms in total. The molecule has 0 bridgehead atoms. The fourth-order valence-corrected chi connectivity index (χ4v) is 3.82. The quantitative estimate of drug-likeness (QED) is 0.494. The van der Waals surface area contributed by atoms with Crippen LogP contribution in [0.25, 0.3) is 21.8 Å². The van der Waals surface area contributed by atoms with Crippen molar-refractivity contribution in [2.45, 2.75) is 32.2 Å². The third-order valence-electron chi connectivity index (χ3n) is 4.26. The molecular weight excluding hydrogens is 309 g/mol. The van der Waals surface area contributed by atoms with Crippen molar-refractivity contribution in [2.24, 2.45) is 0 Å². The van der Waals surface area contributed by atoms with Crippen LogP contribution in [0.5, 0.6) is 0 Å². The summed E-state index contributed by atoms with van der Waals surface area (Å²) in [6.45, 7) is 0.934. The first-order valence-corrected chi connectivity index (χ1v) is 9.86. The van der Waals surface area contributed by atoms with E-state index in [9.17, 15) is 4.57 Å². The van der Waals surface area contributed by atoms with Crippen LogP contribution in [0.4, 0.5) is 0 Å². The third kappa shape index (κ3) is 3.84. The Balaban J connectivity index is 1.69. The molecule has 0 fully saturated rings. The number of nitrogens with zero attached hydrogens (tertiary/aromatic N) is 1. The Morgan fingerprint density at radius 3 is 1.87 bits per heavy atom. The zero-order valence-corrected chi connectivity index (χ0v) is 14.0. The predicted octanol–water partition coefficient (Wildman–Crippen LogP) is 4.53. The first kappa shape index (κ1) is 16.3. The highest BCUT2D eigenvalue weighted by molar-refractivity contribution is 7.51. The van der Waals surface area contributed by atoms with Crippen LogP contribution in [0, 0.1) is 0 Å². The van der Waals surface area contributed by atoms with Gasteiger partial charge in [0.25, 0.3) is 0 Å². The summed E-state index contributed by atoms with van der Waals surface area (Å²) in [5.41, 5.74) is 2.51. The Hall–Kier alpha value is -1.61. The van der Waals surface area contributed by atoms with E-state index < -0.39 is 7.60 Å². The SMILES string of the molecule is O=P(O)(O)CCCCCCn1c2ccccc2c2ccccc21. The van der Waals surface area contributed by atoms with Gasteiger partial charge >= 0.3 is 7.60 Å². The number of fused-ring (bicyclic) bond motifs is 3. The molecule has 23 heavy (non-hydrogen) atoms. The summed E-state index contributed by atoms with van der Waals surface area (Å²) in [6, 6.07) is 16.9. The number of aryl methyl sites for hydroxylation is 1. The maximum absolute atomic E-state index is 10.8. The Kier molecular flexibility index (Phi) is 4.86. The predicted molar refractivity (Wildman–Crippen MR) is 94.8 cm³/mol. The van der Waals surface area contributed by atoms with Gasteiger partial charge in [-0.15, -0.1) is 0 Å². The summed E-state index contributed by atoms with van der Waals surface area (Å²) in [7, 11) is -3.83. The number of para-hydroxylation sites is 2. The molecule has 2 N–H and O–H groups in total. The molecule has 0 amide bonds. The number of hydrogen-bond acceptors (Lipinski definition) is 1. The average molecular weight is 331 g/mol. The average Bonchev–Trinajstić information content (AvgIpc) is 2.84. The van der Waals surface area contributed by atoms with Crippen molar-refractivity contribution in [3.63, 3.8) is 0 Å². The van der Waals surface area contributed by atoms with Crippen molar-refractivity contribution in [3.8, 4) is 0 Å². The van der Waals surface area contributed by atoms with Gasteiger partial charge in [0.2, 0.25) is 0 Å². The number of unbranched alkanes of at least 4 members (excludes halogenated alkanes) is 3. The van der Waals surface area contributed by atoms with Gasteiger partial charge in [0.15, 0.2) is 0 Å². The minimum atomic E-state index is -3.83. The van der Waals surface area contributed by atoms with E-state index in [1.54, 1.807) is 0 Å². The van der Waals surface area contributed by atoms with Gasteiger partial charge in [-0.2, -0.15) is 0 Å². The molecule has 3 rings (SSSR count). The minimum Gasteiger partial charge on any atom is -0.340 e. The van der Waals surface area contributed by atoms with Gasteiger partial charge in [-0.3, -0.25) is 4.57 Å². The van der Waals surface area contributed by atoms with Crippen LogP contribution in [-0.4, -0.2) is 20.5 Å². The molecule has 0 radical (unpaired) electrons. The number of rotatable bonds is 7. The maximum atomic E-state index is 10.8. The molecule has 1 aromatic heterocycles. The van der Waals surface area contributed by atoms with E-state index in [-0.39, 0.29) is 6.16 Å². The normalized spacial score (nSPS) is 12.3. The van der Waals surface area contributed by atoms with Crippen molar-refractivity contribution in [1.82, 2.24) is 4.57 Å². The third-order valence-corrected chi connectivity index (χ3v) is 5.16. The van der Waals surface area contributed by atoms with Gasteiger partial charge < -0.3 is 14.4 Å². The Morgan fingerprint density at radius 2 is 1.30 bits per heavy atom. The molecule has 5 heteroatoms. The number of hydrogen-bond donors (Lipinski definition) is 2. The molecule has 0 spiro atoms. The lowest BCUT2D eigenvalue weighted by molar-refractivity contribution is 0.370. The second kappa shape index (κ2) is 6.88. The first-order valence-electron chi connectivity index (χ1n) is 8.07. The highest BCUT2D eigenvalue weighted by Gasteiger charge is 2.12. The van der Waals surface area contributed by atoms with E-state index in [1.165, 1.54) is 21.8 Å². The van der Waals surface area contributed by atoms with Gasteiger partial charge in [-0.05, 0) is 25.0 Å². The topological polar surface area (TPSA) is 62.5 Å². The van der Waals surface area contributed by atoms with Crippen LogP contribution in [-0.2, 0) is 11.1 Å². The summed E-state index contributed by atoms with van der Waals surface area (Å²) in [5, 5.41) is 2.56. The molecule has 2 aromatic carbocycles. The smallest absolute Gasteiger partial charge is 0.325 e. The van der Waals surface area contributed by atoms with Gasteiger partial charge in [-0.1, -0.05) is 49.2 Å². The molecule has 1 heterocycles. The summed E-state index contributed by atoms with van der Waals surface area (Å²) >= 11 is 0. The van der Waals surface area contributed by atoms with Crippen LogP contribution >= 0.6 is 7.60 Å². The molecule has 0 aliphatic rings. The summed E-state index contributed by atoms with van der Waals surface area (Å²) < 4.78 is 13.2. The van der Waals surface area contributed by atoms with E-state index >= 15 is 0 Å². The van der Waals surface area contributed by atoms with Gasteiger partial charge in [0, 0.05) is 34.5 Å². The standard InChI is InChI=1S/C18H22NO3P/c20-23(21,22)14-8-2-1-7-13-19-17-11-5-3-9-15(17)16-10-4-6-12-18(16)19/h3-6,9-12H,1-2,7-8,13-14H2,(H2,20,21,22). The van der Waals surface area contributed by atoms with Crippen LogP contribution in [0.2, 0.25) is 0 Å². The molecule has 0 saturated heterocycles. The summed E-state index contributed by atoms with van der Waals surface area (Å²) in [6.07, 6.45) is 3.47. The summed E-state index contributed by atoms with van der Waals surface area (Å²) in [4.78, 5) is 17.7. The summed E-state index contributed by atoms with van der Waals surface area (Å²) in [5.74, 6) is 0. The highest BCUT2D eigenvalue weighted by atomic mass is 31.2. The molecule has 0 saturated carbocycles. The maximum Gasteiger partial charge on any atom is 0.325 e. The van der Waals surface area contributed by atoms with Crippen molar-refractivity contribution < 1.29 is 14.4 Å². The molecule has 0 atom stereocenters. The second-order valence-electron chi connectivity index (χ2n) is 5.99. The van der Waals surface area contributed by atoms with Crippen molar-refractivity contribution in [3.05, 3.63) is 48.5 Å². The van der Waals surface area contributed by atoms with E-state index in [4.69, 9.17) is 9.79 Å². The van der Waals surface area contributed by atoms with Crippen molar-refractivity contribution in [1.29, 1.82) is 0 Å². The Bertz CT molecular complexity index is 796. The molecule has 3 aromatic rings. The Morgan fingerprint density at radius 1 is 0.783 bits per heavy atom. The number of benzene rings is 2. The largest absolute Gasteiger partial charge is 0.340 e. The van der Waals surface area contributed by atoms with E-state index in [1.807, 2.05) is 0 Å². The van der Waals surface area contributed by atoms with E-state index in [0.717, 1.165) is 25.8 Å². The lowest BCUT2D eigenvalue weighted by atomic mass is 10.2. The first-order chi connectivity index (χ1) is 11.1.